The van der Waals surface area contributed by atoms with E-state index in [1.54, 1.807) is 31.2 Å². The summed E-state index contributed by atoms with van der Waals surface area (Å²) in [4.78, 5) is 24.8. The van der Waals surface area contributed by atoms with Crippen molar-refractivity contribution in [2.45, 2.75) is 25.3 Å². The average Bonchev–Trinajstić information content (AvgIpc) is 2.80. The van der Waals surface area contributed by atoms with Gasteiger partial charge in [0.25, 0.3) is 5.91 Å². The van der Waals surface area contributed by atoms with Crippen LogP contribution >= 0.6 is 11.6 Å². The molecule has 1 aromatic carbocycles. The number of carbonyl (C=O) groups excluding carboxylic acids is 1. The molecule has 0 spiro atoms. The molecular weight excluding hydrogens is 282 g/mol. The fraction of sp³-hybridized carbons (Fsp3) is 0.429. The van der Waals surface area contributed by atoms with Crippen molar-refractivity contribution in [3.05, 3.63) is 29.3 Å². The lowest BCUT2D eigenvalue weighted by molar-refractivity contribution is -0.156. The molecule has 0 bridgehead atoms. The fourth-order valence-corrected chi connectivity index (χ4v) is 2.55. The highest BCUT2D eigenvalue weighted by molar-refractivity contribution is 6.30. The summed E-state index contributed by atoms with van der Waals surface area (Å²) in [5.74, 6) is -0.819. The quantitative estimate of drug-likeness (QED) is 0.925. The number of likely N-dealkylation sites (tertiary alicyclic amines) is 1. The first-order valence-electron chi connectivity index (χ1n) is 6.36. The van der Waals surface area contributed by atoms with Gasteiger partial charge in [0.1, 0.15) is 11.3 Å². The van der Waals surface area contributed by atoms with Gasteiger partial charge in [-0.2, -0.15) is 0 Å². The summed E-state index contributed by atoms with van der Waals surface area (Å²) in [6.07, 6.45) is 1.15. The van der Waals surface area contributed by atoms with Crippen molar-refractivity contribution in [1.29, 1.82) is 0 Å². The van der Waals surface area contributed by atoms with Gasteiger partial charge in [0.2, 0.25) is 0 Å². The Morgan fingerprint density at radius 1 is 1.50 bits per heavy atom. The smallest absolute Gasteiger partial charge is 0.329 e. The van der Waals surface area contributed by atoms with E-state index in [9.17, 15) is 14.7 Å². The van der Waals surface area contributed by atoms with Gasteiger partial charge in [-0.25, -0.2) is 4.79 Å². The fourth-order valence-electron chi connectivity index (χ4n) is 2.37. The SMILES string of the molecule is CC1(C(=O)O)CCCN1C(=O)COc1cccc(Cl)c1. The molecular formula is C14H16ClNO4. The average molecular weight is 298 g/mol. The number of amides is 1. The number of nitrogens with zero attached hydrogens (tertiary/aromatic N) is 1. The minimum atomic E-state index is -1.13. The van der Waals surface area contributed by atoms with Gasteiger partial charge in [0.05, 0.1) is 0 Å². The molecule has 1 unspecified atom stereocenters. The molecule has 0 aliphatic carbocycles. The first-order chi connectivity index (χ1) is 9.43. The predicted octanol–water partition coefficient (Wildman–Crippen LogP) is 2.18. The van der Waals surface area contributed by atoms with Crippen LogP contribution in [-0.2, 0) is 9.59 Å². The Morgan fingerprint density at radius 3 is 2.90 bits per heavy atom. The van der Waals surface area contributed by atoms with Gasteiger partial charge < -0.3 is 14.7 Å². The monoisotopic (exact) mass is 297 g/mol. The van der Waals surface area contributed by atoms with Crippen LogP contribution in [0, 0.1) is 0 Å². The summed E-state index contributed by atoms with van der Waals surface area (Å²) in [6, 6.07) is 6.73. The number of carboxylic acids is 1. The normalized spacial score (nSPS) is 21.8. The Hall–Kier alpha value is -1.75. The van der Waals surface area contributed by atoms with E-state index in [1.807, 2.05) is 0 Å². The van der Waals surface area contributed by atoms with E-state index in [-0.39, 0.29) is 12.5 Å². The van der Waals surface area contributed by atoms with E-state index in [0.29, 0.717) is 30.2 Å². The highest BCUT2D eigenvalue weighted by Crippen LogP contribution is 2.29. The summed E-state index contributed by atoms with van der Waals surface area (Å²) in [5, 5.41) is 9.78. The highest BCUT2D eigenvalue weighted by atomic mass is 35.5. The number of hydrogen-bond acceptors (Lipinski definition) is 3. The van der Waals surface area contributed by atoms with Gasteiger partial charge in [-0.3, -0.25) is 4.79 Å². The maximum atomic E-state index is 12.1. The number of hydrogen-bond donors (Lipinski definition) is 1. The van der Waals surface area contributed by atoms with Gasteiger partial charge in [-0.1, -0.05) is 17.7 Å². The number of carbonyl (C=O) groups is 2. The molecule has 1 heterocycles. The van der Waals surface area contributed by atoms with Gasteiger partial charge in [0.15, 0.2) is 6.61 Å². The van der Waals surface area contributed by atoms with E-state index in [2.05, 4.69) is 0 Å². The first kappa shape index (κ1) is 14.7. The molecule has 1 aliphatic heterocycles. The van der Waals surface area contributed by atoms with Crippen LogP contribution in [0.5, 0.6) is 5.75 Å². The zero-order valence-electron chi connectivity index (χ0n) is 11.1. The maximum Gasteiger partial charge on any atom is 0.329 e. The molecule has 6 heteroatoms. The maximum absolute atomic E-state index is 12.1. The van der Waals surface area contributed by atoms with E-state index < -0.39 is 11.5 Å². The van der Waals surface area contributed by atoms with Crippen molar-refractivity contribution in [3.8, 4) is 5.75 Å². The predicted molar refractivity (Wildman–Crippen MR) is 73.9 cm³/mol. The Labute approximate surface area is 122 Å². The first-order valence-corrected chi connectivity index (χ1v) is 6.73. The standard InChI is InChI=1S/C14H16ClNO4/c1-14(13(18)19)6-3-7-16(14)12(17)9-20-11-5-2-4-10(15)8-11/h2,4-5,8H,3,6-7,9H2,1H3,(H,18,19). The molecule has 20 heavy (non-hydrogen) atoms. The lowest BCUT2D eigenvalue weighted by Gasteiger charge is -2.31. The Balaban J connectivity index is 2.00. The summed E-state index contributed by atoms with van der Waals surface area (Å²) < 4.78 is 5.37. The molecule has 1 atom stereocenters. The van der Waals surface area contributed by atoms with Crippen molar-refractivity contribution >= 4 is 23.5 Å². The Morgan fingerprint density at radius 2 is 2.25 bits per heavy atom. The van der Waals surface area contributed by atoms with E-state index in [0.717, 1.165) is 0 Å². The van der Waals surface area contributed by atoms with Gasteiger partial charge in [-0.05, 0) is 38.0 Å². The van der Waals surface area contributed by atoms with Crippen LogP contribution in [0.4, 0.5) is 0 Å². The van der Waals surface area contributed by atoms with Crippen LogP contribution in [0.3, 0.4) is 0 Å². The van der Waals surface area contributed by atoms with Gasteiger partial charge >= 0.3 is 5.97 Å². The van der Waals surface area contributed by atoms with Crippen LogP contribution in [0.1, 0.15) is 19.8 Å². The molecule has 0 radical (unpaired) electrons. The molecule has 0 aromatic heterocycles. The molecule has 1 aromatic rings. The van der Waals surface area contributed by atoms with Crippen LogP contribution in [-0.4, -0.2) is 40.6 Å². The molecule has 1 amide bonds. The number of halogens is 1. The highest BCUT2D eigenvalue weighted by Gasteiger charge is 2.45. The zero-order chi connectivity index (χ0) is 14.8. The van der Waals surface area contributed by atoms with Crippen LogP contribution in [0.25, 0.3) is 0 Å². The molecule has 5 nitrogen and oxygen atoms in total. The summed E-state index contributed by atoms with van der Waals surface area (Å²) in [5.41, 5.74) is -1.13. The lowest BCUT2D eigenvalue weighted by Crippen LogP contribution is -2.52. The molecule has 1 aliphatic rings. The Bertz CT molecular complexity index is 534. The largest absolute Gasteiger partial charge is 0.484 e. The molecule has 1 saturated heterocycles. The number of benzene rings is 1. The number of carboxylic acid groups (broad SMARTS) is 1. The van der Waals surface area contributed by atoms with E-state index in [4.69, 9.17) is 16.3 Å². The third kappa shape index (κ3) is 2.88. The van der Waals surface area contributed by atoms with E-state index >= 15 is 0 Å². The number of ether oxygens (including phenoxy) is 1. The third-order valence-corrected chi connectivity index (χ3v) is 3.80. The number of rotatable bonds is 4. The topological polar surface area (TPSA) is 66.8 Å². The van der Waals surface area contributed by atoms with Crippen molar-refractivity contribution in [1.82, 2.24) is 4.90 Å². The van der Waals surface area contributed by atoms with Gasteiger partial charge in [-0.15, -0.1) is 0 Å². The second kappa shape index (κ2) is 5.71. The number of aliphatic carboxylic acids is 1. The summed E-state index contributed by atoms with van der Waals surface area (Å²) in [6.45, 7) is 1.82. The second-order valence-electron chi connectivity index (χ2n) is 4.97. The second-order valence-corrected chi connectivity index (χ2v) is 5.41. The third-order valence-electron chi connectivity index (χ3n) is 3.56. The van der Waals surface area contributed by atoms with Crippen LogP contribution in [0.2, 0.25) is 5.02 Å². The van der Waals surface area contributed by atoms with Gasteiger partial charge in [0, 0.05) is 11.6 Å². The van der Waals surface area contributed by atoms with Crippen molar-refractivity contribution in [2.75, 3.05) is 13.2 Å². The lowest BCUT2D eigenvalue weighted by atomic mass is 9.99. The van der Waals surface area contributed by atoms with E-state index in [1.165, 1.54) is 4.90 Å². The molecule has 0 saturated carbocycles. The van der Waals surface area contributed by atoms with Crippen LogP contribution < -0.4 is 4.74 Å². The molecule has 1 fully saturated rings. The van der Waals surface area contributed by atoms with Crippen molar-refractivity contribution < 1.29 is 19.4 Å². The molecule has 1 N–H and O–H groups in total. The molecule has 108 valence electrons. The van der Waals surface area contributed by atoms with Crippen LogP contribution in [0.15, 0.2) is 24.3 Å². The summed E-state index contributed by atoms with van der Waals surface area (Å²) in [7, 11) is 0. The minimum Gasteiger partial charge on any atom is -0.484 e. The molecule has 2 rings (SSSR count). The van der Waals surface area contributed by atoms with Crippen molar-refractivity contribution in [2.24, 2.45) is 0 Å². The summed E-state index contributed by atoms with van der Waals surface area (Å²) >= 11 is 5.82. The Kier molecular flexibility index (Phi) is 4.18. The van der Waals surface area contributed by atoms with Crippen molar-refractivity contribution in [3.63, 3.8) is 0 Å². The minimum absolute atomic E-state index is 0.191. The zero-order valence-corrected chi connectivity index (χ0v) is 11.9.